The Bertz CT molecular complexity index is 733. The number of hydrogen-bond donors (Lipinski definition) is 5. The summed E-state index contributed by atoms with van der Waals surface area (Å²) in [5.41, 5.74) is 4.34. The highest BCUT2D eigenvalue weighted by Crippen LogP contribution is 2.39. The molecule has 0 bridgehead atoms. The SMILES string of the molecule is COc1cc(O)ccc1C1Nc2ccc(C(=O)NO)cc2N1. The lowest BCUT2D eigenvalue weighted by Crippen LogP contribution is -2.18. The van der Waals surface area contributed by atoms with Gasteiger partial charge in [-0.3, -0.25) is 10.0 Å². The van der Waals surface area contributed by atoms with Crippen molar-refractivity contribution >= 4 is 17.3 Å². The second kappa shape index (κ2) is 5.45. The summed E-state index contributed by atoms with van der Waals surface area (Å²) < 4.78 is 5.28. The van der Waals surface area contributed by atoms with Crippen LogP contribution in [0.2, 0.25) is 0 Å². The first-order valence-electron chi connectivity index (χ1n) is 6.61. The fourth-order valence-electron chi connectivity index (χ4n) is 2.44. The Balaban J connectivity index is 1.90. The van der Waals surface area contributed by atoms with Gasteiger partial charge in [-0.15, -0.1) is 0 Å². The smallest absolute Gasteiger partial charge is 0.274 e. The van der Waals surface area contributed by atoms with Gasteiger partial charge in [-0.25, -0.2) is 5.48 Å². The Morgan fingerprint density at radius 1 is 1.18 bits per heavy atom. The molecule has 0 saturated heterocycles. The standard InChI is InChI=1S/C15H15N3O4/c1-22-13-7-9(19)3-4-10(13)14-16-11-5-2-8(15(20)18-21)6-12(11)17-14/h2-7,14,16-17,19,21H,1H3,(H,18,20). The average molecular weight is 301 g/mol. The van der Waals surface area contributed by atoms with Gasteiger partial charge in [-0.1, -0.05) is 0 Å². The third-order valence-electron chi connectivity index (χ3n) is 3.51. The maximum Gasteiger partial charge on any atom is 0.274 e. The van der Waals surface area contributed by atoms with Crippen LogP contribution in [0.4, 0.5) is 11.4 Å². The minimum atomic E-state index is -0.574. The zero-order valence-corrected chi connectivity index (χ0v) is 11.8. The number of amides is 1. The van der Waals surface area contributed by atoms with Crippen molar-refractivity contribution < 1.29 is 19.8 Å². The van der Waals surface area contributed by atoms with Crippen molar-refractivity contribution in [1.82, 2.24) is 5.48 Å². The molecule has 2 aromatic rings. The van der Waals surface area contributed by atoms with E-state index in [0.717, 1.165) is 16.9 Å². The molecule has 0 saturated carbocycles. The molecule has 7 heteroatoms. The van der Waals surface area contributed by atoms with Crippen LogP contribution in [-0.4, -0.2) is 23.3 Å². The molecule has 1 heterocycles. The fourth-order valence-corrected chi connectivity index (χ4v) is 2.44. The van der Waals surface area contributed by atoms with Gasteiger partial charge in [0.25, 0.3) is 5.91 Å². The number of carbonyl (C=O) groups excluding carboxylic acids is 1. The third kappa shape index (κ3) is 2.38. The summed E-state index contributed by atoms with van der Waals surface area (Å²) in [4.78, 5) is 11.4. The number of hydrogen-bond acceptors (Lipinski definition) is 6. The molecular weight excluding hydrogens is 286 g/mol. The summed E-state index contributed by atoms with van der Waals surface area (Å²) in [7, 11) is 1.53. The maximum atomic E-state index is 11.4. The molecule has 0 fully saturated rings. The van der Waals surface area contributed by atoms with Gasteiger partial charge in [0.1, 0.15) is 17.7 Å². The Labute approximate surface area is 126 Å². The van der Waals surface area contributed by atoms with Crippen LogP contribution in [0.1, 0.15) is 22.1 Å². The summed E-state index contributed by atoms with van der Waals surface area (Å²) in [6, 6.07) is 9.86. The predicted octanol–water partition coefficient (Wildman–Crippen LogP) is 2.06. The lowest BCUT2D eigenvalue weighted by Gasteiger charge is -2.16. The topological polar surface area (TPSA) is 103 Å². The third-order valence-corrected chi connectivity index (χ3v) is 3.51. The summed E-state index contributed by atoms with van der Waals surface area (Å²) in [5, 5.41) is 24.7. The van der Waals surface area contributed by atoms with E-state index < -0.39 is 5.91 Å². The monoisotopic (exact) mass is 301 g/mol. The molecule has 1 unspecified atom stereocenters. The molecule has 1 aliphatic rings. The zero-order valence-electron chi connectivity index (χ0n) is 11.8. The second-order valence-corrected chi connectivity index (χ2v) is 4.85. The van der Waals surface area contributed by atoms with Crippen LogP contribution >= 0.6 is 0 Å². The number of methoxy groups -OCH3 is 1. The second-order valence-electron chi connectivity index (χ2n) is 4.85. The number of anilines is 2. The first kappa shape index (κ1) is 14.0. The van der Waals surface area contributed by atoms with Crippen LogP contribution in [0.15, 0.2) is 36.4 Å². The molecule has 114 valence electrons. The minimum absolute atomic E-state index is 0.123. The van der Waals surface area contributed by atoms with Crippen molar-refractivity contribution in [2.24, 2.45) is 0 Å². The van der Waals surface area contributed by atoms with Crippen molar-refractivity contribution in [2.75, 3.05) is 17.7 Å². The molecule has 0 aliphatic carbocycles. The molecule has 0 aromatic heterocycles. The molecule has 22 heavy (non-hydrogen) atoms. The number of phenolic OH excluding ortho intramolecular Hbond substituents is 1. The van der Waals surface area contributed by atoms with Crippen LogP contribution in [0.3, 0.4) is 0 Å². The highest BCUT2D eigenvalue weighted by molar-refractivity contribution is 5.96. The molecule has 1 atom stereocenters. The van der Waals surface area contributed by atoms with Crippen molar-refractivity contribution in [3.05, 3.63) is 47.5 Å². The summed E-state index contributed by atoms with van der Waals surface area (Å²) in [6.07, 6.45) is -0.252. The summed E-state index contributed by atoms with van der Waals surface area (Å²) in [5.74, 6) is 0.0967. The molecular formula is C15H15N3O4. The number of aromatic hydroxyl groups is 1. The molecule has 3 rings (SSSR count). The molecule has 5 N–H and O–H groups in total. The molecule has 0 spiro atoms. The van der Waals surface area contributed by atoms with Crippen molar-refractivity contribution in [2.45, 2.75) is 6.17 Å². The molecule has 0 radical (unpaired) electrons. The largest absolute Gasteiger partial charge is 0.508 e. The van der Waals surface area contributed by atoms with E-state index in [9.17, 15) is 9.90 Å². The first-order chi connectivity index (χ1) is 10.6. The summed E-state index contributed by atoms with van der Waals surface area (Å²) in [6.45, 7) is 0. The lowest BCUT2D eigenvalue weighted by molar-refractivity contribution is 0.0706. The highest BCUT2D eigenvalue weighted by atomic mass is 16.5. The van der Waals surface area contributed by atoms with Crippen LogP contribution in [0.5, 0.6) is 11.5 Å². The number of fused-ring (bicyclic) bond motifs is 1. The molecule has 1 aliphatic heterocycles. The van der Waals surface area contributed by atoms with Crippen LogP contribution in [0.25, 0.3) is 0 Å². The number of phenols is 1. The van der Waals surface area contributed by atoms with E-state index in [0.29, 0.717) is 11.3 Å². The number of hydroxylamine groups is 1. The van der Waals surface area contributed by atoms with Gasteiger partial charge in [-0.2, -0.15) is 0 Å². The fraction of sp³-hybridized carbons (Fsp3) is 0.133. The van der Waals surface area contributed by atoms with E-state index in [1.165, 1.54) is 13.2 Å². The normalized spacial score (nSPS) is 15.5. The highest BCUT2D eigenvalue weighted by Gasteiger charge is 2.24. The Kier molecular flexibility index (Phi) is 3.48. The lowest BCUT2D eigenvalue weighted by atomic mass is 10.1. The van der Waals surface area contributed by atoms with Crippen LogP contribution in [0, 0.1) is 0 Å². The van der Waals surface area contributed by atoms with E-state index in [-0.39, 0.29) is 11.9 Å². The quantitative estimate of drug-likeness (QED) is 0.439. The number of benzene rings is 2. The molecule has 7 nitrogen and oxygen atoms in total. The number of nitrogens with one attached hydrogen (secondary N) is 3. The van der Waals surface area contributed by atoms with E-state index in [1.54, 1.807) is 35.8 Å². The van der Waals surface area contributed by atoms with Gasteiger partial charge < -0.3 is 20.5 Å². The first-order valence-corrected chi connectivity index (χ1v) is 6.61. The minimum Gasteiger partial charge on any atom is -0.508 e. The Hall–Kier alpha value is -2.93. The van der Waals surface area contributed by atoms with Crippen molar-refractivity contribution in [3.8, 4) is 11.5 Å². The Morgan fingerprint density at radius 2 is 1.95 bits per heavy atom. The van der Waals surface area contributed by atoms with Gasteiger partial charge >= 0.3 is 0 Å². The van der Waals surface area contributed by atoms with Gasteiger partial charge in [0.2, 0.25) is 0 Å². The average Bonchev–Trinajstić information content (AvgIpc) is 2.96. The summed E-state index contributed by atoms with van der Waals surface area (Å²) >= 11 is 0. The number of carbonyl (C=O) groups is 1. The van der Waals surface area contributed by atoms with E-state index in [1.807, 2.05) is 0 Å². The maximum absolute atomic E-state index is 11.4. The van der Waals surface area contributed by atoms with Gasteiger partial charge in [0.15, 0.2) is 0 Å². The van der Waals surface area contributed by atoms with E-state index in [4.69, 9.17) is 9.94 Å². The van der Waals surface area contributed by atoms with Crippen LogP contribution < -0.4 is 20.9 Å². The number of rotatable bonds is 3. The van der Waals surface area contributed by atoms with Gasteiger partial charge in [0.05, 0.1) is 18.5 Å². The number of ether oxygens (including phenoxy) is 1. The molecule has 1 amide bonds. The van der Waals surface area contributed by atoms with Crippen LogP contribution in [-0.2, 0) is 0 Å². The van der Waals surface area contributed by atoms with Gasteiger partial charge in [-0.05, 0) is 30.3 Å². The zero-order chi connectivity index (χ0) is 15.7. The van der Waals surface area contributed by atoms with Gasteiger partial charge in [0, 0.05) is 17.2 Å². The van der Waals surface area contributed by atoms with E-state index in [2.05, 4.69) is 10.6 Å². The predicted molar refractivity (Wildman–Crippen MR) is 80.3 cm³/mol. The van der Waals surface area contributed by atoms with Crippen molar-refractivity contribution in [3.63, 3.8) is 0 Å². The van der Waals surface area contributed by atoms with Crippen molar-refractivity contribution in [1.29, 1.82) is 0 Å². The Morgan fingerprint density at radius 3 is 2.68 bits per heavy atom. The van der Waals surface area contributed by atoms with E-state index >= 15 is 0 Å². The molecule has 2 aromatic carbocycles.